The lowest BCUT2D eigenvalue weighted by Crippen LogP contribution is -2.24. The number of halogens is 1. The van der Waals surface area contributed by atoms with Crippen LogP contribution in [-0.4, -0.2) is 39.4 Å². The van der Waals surface area contributed by atoms with Gasteiger partial charge in [-0.1, -0.05) is 17.8 Å². The smallest absolute Gasteiger partial charge is 0.251 e. The van der Waals surface area contributed by atoms with Gasteiger partial charge < -0.3 is 19.9 Å². The predicted molar refractivity (Wildman–Crippen MR) is 120 cm³/mol. The predicted octanol–water partition coefficient (Wildman–Crippen LogP) is 3.41. The Kier molecular flexibility index (Phi) is 7.82. The number of thioether (sulfide) groups is 1. The van der Waals surface area contributed by atoms with Crippen LogP contribution in [0.5, 0.6) is 5.75 Å². The first-order chi connectivity index (χ1) is 15.4. The van der Waals surface area contributed by atoms with Gasteiger partial charge in [0.2, 0.25) is 5.91 Å². The molecule has 32 heavy (non-hydrogen) atoms. The van der Waals surface area contributed by atoms with Crippen molar-refractivity contribution in [2.24, 2.45) is 0 Å². The topological polar surface area (TPSA) is 98.1 Å². The van der Waals surface area contributed by atoms with Gasteiger partial charge in [-0.05, 0) is 55.8 Å². The van der Waals surface area contributed by atoms with Crippen molar-refractivity contribution in [1.82, 2.24) is 20.1 Å². The van der Waals surface area contributed by atoms with Crippen molar-refractivity contribution in [2.45, 2.75) is 32.1 Å². The van der Waals surface area contributed by atoms with Crippen LogP contribution in [0.15, 0.2) is 47.6 Å². The molecule has 0 aliphatic carbocycles. The second-order valence-corrected chi connectivity index (χ2v) is 7.80. The third-order valence-corrected chi connectivity index (χ3v) is 5.61. The van der Waals surface area contributed by atoms with E-state index in [1.807, 2.05) is 11.5 Å². The molecule has 0 radical (unpaired) electrons. The third-order valence-electron chi connectivity index (χ3n) is 4.64. The average molecular weight is 458 g/mol. The van der Waals surface area contributed by atoms with Crippen LogP contribution in [0.2, 0.25) is 0 Å². The van der Waals surface area contributed by atoms with E-state index in [2.05, 4.69) is 20.8 Å². The van der Waals surface area contributed by atoms with E-state index in [0.29, 0.717) is 40.1 Å². The van der Waals surface area contributed by atoms with Crippen molar-refractivity contribution in [1.29, 1.82) is 0 Å². The Morgan fingerprint density at radius 1 is 1.19 bits per heavy atom. The van der Waals surface area contributed by atoms with Crippen molar-refractivity contribution >= 4 is 29.3 Å². The van der Waals surface area contributed by atoms with Gasteiger partial charge in [0.25, 0.3) is 5.91 Å². The zero-order chi connectivity index (χ0) is 23.1. The van der Waals surface area contributed by atoms with Gasteiger partial charge in [0.15, 0.2) is 11.0 Å². The van der Waals surface area contributed by atoms with Crippen LogP contribution < -0.4 is 15.4 Å². The summed E-state index contributed by atoms with van der Waals surface area (Å²) in [5.74, 6) is 0.465. The minimum absolute atomic E-state index is 0.116. The zero-order valence-electron chi connectivity index (χ0n) is 18.0. The molecule has 0 fully saturated rings. The highest BCUT2D eigenvalue weighted by Crippen LogP contribution is 2.20. The van der Waals surface area contributed by atoms with Gasteiger partial charge in [-0.25, -0.2) is 4.39 Å². The minimum Gasteiger partial charge on any atom is -0.497 e. The molecule has 0 saturated carbocycles. The maximum absolute atomic E-state index is 13.2. The molecule has 2 amide bonds. The van der Waals surface area contributed by atoms with Crippen molar-refractivity contribution in [3.63, 3.8) is 0 Å². The summed E-state index contributed by atoms with van der Waals surface area (Å²) in [6.45, 7) is 4.44. The van der Waals surface area contributed by atoms with Crippen LogP contribution in [0.4, 0.5) is 10.1 Å². The molecule has 8 nitrogen and oxygen atoms in total. The van der Waals surface area contributed by atoms with Crippen LogP contribution in [0.1, 0.15) is 28.7 Å². The number of aromatic nitrogens is 3. The molecule has 1 aromatic heterocycles. The Hall–Kier alpha value is -3.40. The van der Waals surface area contributed by atoms with Gasteiger partial charge in [-0.2, -0.15) is 0 Å². The van der Waals surface area contributed by atoms with Gasteiger partial charge in [-0.15, -0.1) is 10.2 Å². The molecule has 0 unspecified atom stereocenters. The van der Waals surface area contributed by atoms with Crippen LogP contribution >= 0.6 is 11.8 Å². The van der Waals surface area contributed by atoms with Crippen LogP contribution in [-0.2, 0) is 17.9 Å². The molecule has 168 valence electrons. The van der Waals surface area contributed by atoms with E-state index in [1.165, 1.54) is 30.0 Å². The van der Waals surface area contributed by atoms with Gasteiger partial charge >= 0.3 is 0 Å². The number of nitrogens with zero attached hydrogens (tertiary/aromatic N) is 3. The summed E-state index contributed by atoms with van der Waals surface area (Å²) in [5.41, 5.74) is 1.69. The Morgan fingerprint density at radius 2 is 2.00 bits per heavy atom. The Morgan fingerprint density at radius 3 is 2.72 bits per heavy atom. The molecule has 0 spiro atoms. The minimum atomic E-state index is -0.350. The average Bonchev–Trinajstić information content (AvgIpc) is 3.19. The maximum Gasteiger partial charge on any atom is 0.251 e. The number of carbonyl (C=O) groups excluding carboxylic acids is 2. The number of hydrogen-bond acceptors (Lipinski definition) is 6. The third kappa shape index (κ3) is 5.85. The lowest BCUT2D eigenvalue weighted by molar-refractivity contribution is -0.113. The summed E-state index contributed by atoms with van der Waals surface area (Å²) in [7, 11) is 1.54. The van der Waals surface area contributed by atoms with Crippen LogP contribution in [0.25, 0.3) is 0 Å². The first kappa shape index (κ1) is 23.3. The van der Waals surface area contributed by atoms with Gasteiger partial charge in [-0.3, -0.25) is 9.59 Å². The highest BCUT2D eigenvalue weighted by atomic mass is 32.2. The monoisotopic (exact) mass is 457 g/mol. The summed E-state index contributed by atoms with van der Waals surface area (Å²) in [5, 5.41) is 14.5. The number of benzene rings is 2. The lowest BCUT2D eigenvalue weighted by atomic mass is 10.2. The molecule has 2 N–H and O–H groups in total. The molecule has 0 aliphatic rings. The molecule has 0 bridgehead atoms. The molecule has 0 saturated heterocycles. The van der Waals surface area contributed by atoms with Crippen LogP contribution in [0, 0.1) is 12.7 Å². The number of rotatable bonds is 9. The highest BCUT2D eigenvalue weighted by molar-refractivity contribution is 7.99. The van der Waals surface area contributed by atoms with E-state index in [0.717, 1.165) is 0 Å². The van der Waals surface area contributed by atoms with Crippen molar-refractivity contribution in [2.75, 3.05) is 18.2 Å². The van der Waals surface area contributed by atoms with Crippen molar-refractivity contribution < 1.29 is 18.7 Å². The molecule has 3 aromatic rings. The summed E-state index contributed by atoms with van der Waals surface area (Å²) < 4.78 is 20.2. The number of nitrogens with one attached hydrogen (secondary N) is 2. The van der Waals surface area contributed by atoms with Gasteiger partial charge in [0.1, 0.15) is 11.6 Å². The number of methoxy groups -OCH3 is 1. The summed E-state index contributed by atoms with van der Waals surface area (Å²) in [6, 6.07) is 11.1. The van der Waals surface area contributed by atoms with Crippen LogP contribution in [0.3, 0.4) is 0 Å². The first-order valence-electron chi connectivity index (χ1n) is 9.94. The molecule has 3 rings (SSSR count). The fourth-order valence-electron chi connectivity index (χ4n) is 2.98. The lowest BCUT2D eigenvalue weighted by Gasteiger charge is -2.10. The normalized spacial score (nSPS) is 10.6. The first-order valence-corrected chi connectivity index (χ1v) is 10.9. The summed E-state index contributed by atoms with van der Waals surface area (Å²) >= 11 is 1.24. The number of aryl methyl sites for hydroxylation is 1. The standard InChI is InChI=1S/C22H24FN5O3S/c1-4-28-19(12-24-21(30)15-6-5-7-17(11-15)31-3)26-27-22(28)32-13-20(29)25-18-9-8-16(23)10-14(18)2/h5-11H,4,12-13H2,1-3H3,(H,24,30)(H,25,29). The Bertz CT molecular complexity index is 1120. The number of carbonyl (C=O) groups is 2. The fourth-order valence-corrected chi connectivity index (χ4v) is 3.80. The van der Waals surface area contributed by atoms with E-state index in [1.54, 1.807) is 38.3 Å². The molecule has 2 aromatic carbocycles. The Balaban J connectivity index is 1.58. The second-order valence-electron chi connectivity index (χ2n) is 6.85. The van der Waals surface area contributed by atoms with E-state index < -0.39 is 0 Å². The maximum atomic E-state index is 13.2. The highest BCUT2D eigenvalue weighted by Gasteiger charge is 2.15. The van der Waals surface area contributed by atoms with Gasteiger partial charge in [0.05, 0.1) is 19.4 Å². The van der Waals surface area contributed by atoms with Crippen molar-refractivity contribution in [3.8, 4) is 5.75 Å². The fraction of sp³-hybridized carbons (Fsp3) is 0.273. The summed E-state index contributed by atoms with van der Waals surface area (Å²) in [6.07, 6.45) is 0. The van der Waals surface area contributed by atoms with Crippen molar-refractivity contribution in [3.05, 3.63) is 65.2 Å². The van der Waals surface area contributed by atoms with E-state index in [4.69, 9.17) is 4.74 Å². The van der Waals surface area contributed by atoms with E-state index in [-0.39, 0.29) is 29.9 Å². The molecule has 0 atom stereocenters. The van der Waals surface area contributed by atoms with E-state index >= 15 is 0 Å². The number of anilines is 1. The largest absolute Gasteiger partial charge is 0.497 e. The molecule has 1 heterocycles. The molecule has 10 heteroatoms. The number of ether oxygens (including phenoxy) is 1. The zero-order valence-corrected chi connectivity index (χ0v) is 18.8. The SMILES string of the molecule is CCn1c(CNC(=O)c2cccc(OC)c2)nnc1SCC(=O)Nc1ccc(F)cc1C. The van der Waals surface area contributed by atoms with Gasteiger partial charge in [0, 0.05) is 17.8 Å². The molecular formula is C22H24FN5O3S. The molecular weight excluding hydrogens is 433 g/mol. The Labute approximate surface area is 189 Å². The molecule has 0 aliphatic heterocycles. The van der Waals surface area contributed by atoms with E-state index in [9.17, 15) is 14.0 Å². The number of hydrogen-bond donors (Lipinski definition) is 2. The summed E-state index contributed by atoms with van der Waals surface area (Å²) in [4.78, 5) is 24.7. The quantitative estimate of drug-likeness (QED) is 0.478. The number of amides is 2. The second kappa shape index (κ2) is 10.8.